The molecule has 0 fully saturated rings. The maximum Gasteiger partial charge on any atom is 0.226 e. The van der Waals surface area contributed by atoms with E-state index >= 15 is 0 Å². The lowest BCUT2D eigenvalue weighted by atomic mass is 10.4. The summed E-state index contributed by atoms with van der Waals surface area (Å²) in [5, 5.41) is 6.80. The second-order valence-corrected chi connectivity index (χ2v) is 2.93. The molecule has 60 valence electrons. The summed E-state index contributed by atoms with van der Waals surface area (Å²) in [7, 11) is 0. The SMILES string of the molecule is O=C(CCCl)Nc1cnns1. The molecule has 0 atom stereocenters. The quantitative estimate of drug-likeness (QED) is 0.729. The van der Waals surface area contributed by atoms with E-state index in [-0.39, 0.29) is 5.91 Å². The van der Waals surface area contributed by atoms with Crippen LogP contribution < -0.4 is 5.32 Å². The third-order valence-corrected chi connectivity index (χ3v) is 1.71. The second kappa shape index (κ2) is 4.25. The number of anilines is 1. The summed E-state index contributed by atoms with van der Waals surface area (Å²) >= 11 is 6.49. The number of carbonyl (C=O) groups is 1. The van der Waals surface area contributed by atoms with Crippen molar-refractivity contribution in [3.05, 3.63) is 6.20 Å². The molecule has 0 aromatic carbocycles. The van der Waals surface area contributed by atoms with Crippen LogP contribution in [0.15, 0.2) is 6.20 Å². The molecule has 0 radical (unpaired) electrons. The molecule has 1 amide bonds. The van der Waals surface area contributed by atoms with Gasteiger partial charge in [0.25, 0.3) is 0 Å². The van der Waals surface area contributed by atoms with Gasteiger partial charge in [-0.25, -0.2) is 0 Å². The molecule has 1 heterocycles. The highest BCUT2D eigenvalue weighted by atomic mass is 35.5. The molecule has 0 aliphatic rings. The highest BCUT2D eigenvalue weighted by molar-refractivity contribution is 7.10. The summed E-state index contributed by atoms with van der Waals surface area (Å²) in [6.07, 6.45) is 1.82. The Morgan fingerprint density at radius 3 is 3.18 bits per heavy atom. The second-order valence-electron chi connectivity index (χ2n) is 1.77. The van der Waals surface area contributed by atoms with E-state index in [1.54, 1.807) is 0 Å². The maximum atomic E-state index is 10.9. The molecule has 0 saturated heterocycles. The average Bonchev–Trinajstić information content (AvgIpc) is 2.40. The summed E-state index contributed by atoms with van der Waals surface area (Å²) in [5.41, 5.74) is 0. The first-order valence-electron chi connectivity index (χ1n) is 2.96. The molecule has 1 aromatic heterocycles. The van der Waals surface area contributed by atoms with Crippen LogP contribution in [0.1, 0.15) is 6.42 Å². The topological polar surface area (TPSA) is 54.9 Å². The van der Waals surface area contributed by atoms with Crippen LogP contribution in [0.2, 0.25) is 0 Å². The number of aromatic nitrogens is 2. The molecule has 0 unspecified atom stereocenters. The van der Waals surface area contributed by atoms with Gasteiger partial charge < -0.3 is 5.32 Å². The molecule has 0 spiro atoms. The van der Waals surface area contributed by atoms with Crippen molar-refractivity contribution in [3.63, 3.8) is 0 Å². The van der Waals surface area contributed by atoms with Crippen LogP contribution in [0.5, 0.6) is 0 Å². The van der Waals surface area contributed by atoms with Gasteiger partial charge in [0.05, 0.1) is 6.20 Å². The van der Waals surface area contributed by atoms with Crippen LogP contribution in [0.25, 0.3) is 0 Å². The summed E-state index contributed by atoms with van der Waals surface area (Å²) in [6, 6.07) is 0. The number of nitrogens with one attached hydrogen (secondary N) is 1. The van der Waals surface area contributed by atoms with Gasteiger partial charge in [0.15, 0.2) is 0 Å². The minimum absolute atomic E-state index is 0.106. The van der Waals surface area contributed by atoms with Crippen molar-refractivity contribution in [1.82, 2.24) is 9.59 Å². The molecule has 1 rings (SSSR count). The van der Waals surface area contributed by atoms with Gasteiger partial charge in [0, 0.05) is 23.8 Å². The first-order chi connectivity index (χ1) is 5.33. The van der Waals surface area contributed by atoms with Crippen molar-refractivity contribution >= 4 is 34.0 Å². The van der Waals surface area contributed by atoms with Gasteiger partial charge >= 0.3 is 0 Å². The Balaban J connectivity index is 2.37. The number of amides is 1. The molecule has 11 heavy (non-hydrogen) atoms. The fourth-order valence-electron chi connectivity index (χ4n) is 0.508. The maximum absolute atomic E-state index is 10.9. The molecule has 4 nitrogen and oxygen atoms in total. The molecular weight excluding hydrogens is 186 g/mol. The van der Waals surface area contributed by atoms with Crippen molar-refractivity contribution in [2.24, 2.45) is 0 Å². The first-order valence-corrected chi connectivity index (χ1v) is 4.27. The van der Waals surface area contributed by atoms with Gasteiger partial charge in [-0.3, -0.25) is 4.79 Å². The Morgan fingerprint density at radius 1 is 1.82 bits per heavy atom. The molecular formula is C5H6ClN3OS. The zero-order valence-corrected chi connectivity index (χ0v) is 7.15. The Kier molecular flexibility index (Phi) is 3.25. The highest BCUT2D eigenvalue weighted by Crippen LogP contribution is 2.08. The summed E-state index contributed by atoms with van der Waals surface area (Å²) < 4.78 is 3.58. The lowest BCUT2D eigenvalue weighted by molar-refractivity contribution is -0.115. The van der Waals surface area contributed by atoms with Crippen molar-refractivity contribution in [3.8, 4) is 0 Å². The van der Waals surface area contributed by atoms with Crippen molar-refractivity contribution in [2.45, 2.75) is 6.42 Å². The largest absolute Gasteiger partial charge is 0.315 e. The van der Waals surface area contributed by atoms with E-state index in [0.717, 1.165) is 11.5 Å². The summed E-state index contributed by atoms with van der Waals surface area (Å²) in [4.78, 5) is 10.9. The first kappa shape index (κ1) is 8.42. The molecule has 0 bridgehead atoms. The fourth-order valence-corrected chi connectivity index (χ4v) is 1.12. The Labute approximate surface area is 72.7 Å². The monoisotopic (exact) mass is 191 g/mol. The lowest BCUT2D eigenvalue weighted by Crippen LogP contribution is -2.10. The Morgan fingerprint density at radius 2 is 2.64 bits per heavy atom. The van der Waals surface area contributed by atoms with Gasteiger partial charge in [0.2, 0.25) is 5.91 Å². The van der Waals surface area contributed by atoms with E-state index in [2.05, 4.69) is 14.9 Å². The van der Waals surface area contributed by atoms with Gasteiger partial charge in [-0.1, -0.05) is 4.49 Å². The van der Waals surface area contributed by atoms with Gasteiger partial charge in [-0.05, 0) is 0 Å². The Hall–Kier alpha value is -0.680. The molecule has 1 aromatic rings. The van der Waals surface area contributed by atoms with Crippen LogP contribution in [-0.2, 0) is 4.79 Å². The smallest absolute Gasteiger partial charge is 0.226 e. The van der Waals surface area contributed by atoms with Gasteiger partial charge in [-0.15, -0.1) is 16.7 Å². The predicted octanol–water partition coefficient (Wildman–Crippen LogP) is 1.11. The highest BCUT2D eigenvalue weighted by Gasteiger charge is 2.01. The molecule has 0 aliphatic heterocycles. The number of hydrogen-bond acceptors (Lipinski definition) is 4. The standard InChI is InChI=1S/C5H6ClN3OS/c6-2-1-4(10)8-5-3-7-9-11-5/h3H,1-2H2,(H,8,10). The van der Waals surface area contributed by atoms with E-state index in [9.17, 15) is 4.79 Å². The van der Waals surface area contributed by atoms with E-state index in [1.165, 1.54) is 6.20 Å². The van der Waals surface area contributed by atoms with Crippen LogP contribution in [0.4, 0.5) is 5.00 Å². The zero-order valence-electron chi connectivity index (χ0n) is 5.58. The zero-order chi connectivity index (χ0) is 8.10. The van der Waals surface area contributed by atoms with E-state index < -0.39 is 0 Å². The van der Waals surface area contributed by atoms with E-state index in [4.69, 9.17) is 11.6 Å². The van der Waals surface area contributed by atoms with Crippen LogP contribution >= 0.6 is 23.1 Å². The minimum Gasteiger partial charge on any atom is -0.315 e. The fraction of sp³-hybridized carbons (Fsp3) is 0.400. The van der Waals surface area contributed by atoms with Crippen LogP contribution in [0, 0.1) is 0 Å². The van der Waals surface area contributed by atoms with E-state index in [0.29, 0.717) is 17.3 Å². The number of carbonyl (C=O) groups excluding carboxylic acids is 1. The van der Waals surface area contributed by atoms with Crippen LogP contribution in [-0.4, -0.2) is 21.4 Å². The van der Waals surface area contributed by atoms with Crippen molar-refractivity contribution < 1.29 is 4.79 Å². The molecule has 0 aliphatic carbocycles. The molecule has 0 saturated carbocycles. The van der Waals surface area contributed by atoms with Gasteiger partial charge in [0.1, 0.15) is 5.00 Å². The van der Waals surface area contributed by atoms with Crippen molar-refractivity contribution in [1.29, 1.82) is 0 Å². The third kappa shape index (κ3) is 2.81. The number of hydrogen-bond donors (Lipinski definition) is 1. The minimum atomic E-state index is -0.106. The molecule has 6 heteroatoms. The number of halogens is 1. The number of rotatable bonds is 3. The third-order valence-electron chi connectivity index (χ3n) is 0.945. The van der Waals surface area contributed by atoms with Crippen LogP contribution in [0.3, 0.4) is 0 Å². The Bertz CT molecular complexity index is 226. The number of nitrogens with zero attached hydrogens (tertiary/aromatic N) is 2. The molecule has 1 N–H and O–H groups in total. The number of alkyl halides is 1. The van der Waals surface area contributed by atoms with Gasteiger partial charge in [-0.2, -0.15) is 0 Å². The summed E-state index contributed by atoms with van der Waals surface area (Å²) in [6.45, 7) is 0. The van der Waals surface area contributed by atoms with E-state index in [1.807, 2.05) is 0 Å². The predicted molar refractivity (Wildman–Crippen MR) is 43.9 cm³/mol. The van der Waals surface area contributed by atoms with Crippen molar-refractivity contribution in [2.75, 3.05) is 11.2 Å². The normalized spacial score (nSPS) is 9.55. The summed E-state index contributed by atoms with van der Waals surface area (Å²) in [5.74, 6) is 0.226. The average molecular weight is 192 g/mol. The lowest BCUT2D eigenvalue weighted by Gasteiger charge is -1.96.